The maximum absolute atomic E-state index is 12.2. The lowest BCUT2D eigenvalue weighted by Crippen LogP contribution is -2.17. The van der Waals surface area contributed by atoms with Gasteiger partial charge in [-0.25, -0.2) is 0 Å². The van der Waals surface area contributed by atoms with Gasteiger partial charge in [0, 0.05) is 12.1 Å². The molecule has 10 heteroatoms. The van der Waals surface area contributed by atoms with Crippen molar-refractivity contribution in [3.8, 4) is 23.0 Å². The number of halogens is 4. The van der Waals surface area contributed by atoms with Crippen molar-refractivity contribution in [3.63, 3.8) is 0 Å². The summed E-state index contributed by atoms with van der Waals surface area (Å²) in [6, 6.07) is 6.51. The van der Waals surface area contributed by atoms with Gasteiger partial charge >= 0.3 is 12.0 Å². The number of hydrogen-bond donors (Lipinski definition) is 1. The Morgan fingerprint density at radius 1 is 1.17 bits per heavy atom. The van der Waals surface area contributed by atoms with E-state index in [1.807, 2.05) is 0 Å². The Morgan fingerprint density at radius 2 is 1.83 bits per heavy atom. The van der Waals surface area contributed by atoms with Crippen LogP contribution in [0.15, 0.2) is 40.9 Å². The van der Waals surface area contributed by atoms with Gasteiger partial charge < -0.3 is 14.6 Å². The van der Waals surface area contributed by atoms with Gasteiger partial charge in [0.05, 0.1) is 15.5 Å². The maximum atomic E-state index is 12.2. The molecular weight excluding hydrogens is 387 g/mol. The quantitative estimate of drug-likeness (QED) is 0.598. The van der Waals surface area contributed by atoms with Crippen LogP contribution in [0.3, 0.4) is 0 Å². The van der Waals surface area contributed by atoms with E-state index in [1.54, 1.807) is 0 Å². The van der Waals surface area contributed by atoms with Crippen LogP contribution in [0.25, 0.3) is 0 Å². The van der Waals surface area contributed by atoms with Gasteiger partial charge in [0.15, 0.2) is 0 Å². The number of ether oxygens (including phenoxy) is 2. The fourth-order valence-corrected chi connectivity index (χ4v) is 1.94. The van der Waals surface area contributed by atoms with Crippen LogP contribution in [0.5, 0.6) is 23.0 Å². The molecule has 0 bridgehead atoms. The lowest BCUT2D eigenvalue weighted by molar-refractivity contribution is -0.385. The second kappa shape index (κ2) is 6.32. The molecule has 0 aliphatic heterocycles. The third kappa shape index (κ3) is 4.49. The van der Waals surface area contributed by atoms with E-state index in [0.717, 1.165) is 24.3 Å². The van der Waals surface area contributed by atoms with Crippen LogP contribution in [-0.2, 0) is 0 Å². The van der Waals surface area contributed by atoms with E-state index in [0.29, 0.717) is 0 Å². The predicted molar refractivity (Wildman–Crippen MR) is 75.7 cm³/mol. The molecule has 23 heavy (non-hydrogen) atoms. The Balaban J connectivity index is 2.34. The van der Waals surface area contributed by atoms with Crippen molar-refractivity contribution in [2.75, 3.05) is 0 Å². The second-order valence-electron chi connectivity index (χ2n) is 4.15. The number of rotatable bonds is 4. The molecule has 0 unspecified atom stereocenters. The molecule has 0 fully saturated rings. The van der Waals surface area contributed by atoms with Gasteiger partial charge in [-0.2, -0.15) is 0 Å². The summed E-state index contributed by atoms with van der Waals surface area (Å²) in [6.07, 6.45) is -4.87. The van der Waals surface area contributed by atoms with Gasteiger partial charge in [0.25, 0.3) is 0 Å². The van der Waals surface area contributed by atoms with Crippen molar-refractivity contribution in [2.45, 2.75) is 6.36 Å². The monoisotopic (exact) mass is 393 g/mol. The lowest BCUT2D eigenvalue weighted by Gasteiger charge is -2.11. The van der Waals surface area contributed by atoms with Crippen LogP contribution >= 0.6 is 15.9 Å². The zero-order chi connectivity index (χ0) is 17.2. The number of benzene rings is 2. The molecule has 0 amide bonds. The molecule has 0 radical (unpaired) electrons. The topological polar surface area (TPSA) is 81.8 Å². The smallest absolute Gasteiger partial charge is 0.507 e. The summed E-state index contributed by atoms with van der Waals surface area (Å²) in [6.45, 7) is 0. The summed E-state index contributed by atoms with van der Waals surface area (Å²) in [7, 11) is 0. The first-order valence-electron chi connectivity index (χ1n) is 5.86. The summed E-state index contributed by atoms with van der Waals surface area (Å²) < 4.78 is 45.6. The van der Waals surface area contributed by atoms with Gasteiger partial charge in [-0.15, -0.1) is 13.2 Å². The molecule has 2 rings (SSSR count). The zero-order valence-electron chi connectivity index (χ0n) is 11.0. The number of alkyl halides is 3. The Labute approximate surface area is 135 Å². The highest BCUT2D eigenvalue weighted by atomic mass is 79.9. The highest BCUT2D eigenvalue weighted by Crippen LogP contribution is 2.39. The molecule has 6 nitrogen and oxygen atoms in total. The maximum Gasteiger partial charge on any atom is 0.573 e. The molecule has 0 spiro atoms. The fraction of sp³-hybridized carbons (Fsp3) is 0.0769. The van der Waals surface area contributed by atoms with E-state index in [2.05, 4.69) is 20.7 Å². The van der Waals surface area contributed by atoms with Crippen LogP contribution in [0.4, 0.5) is 18.9 Å². The lowest BCUT2D eigenvalue weighted by atomic mass is 10.2. The number of nitro groups is 1. The summed E-state index contributed by atoms with van der Waals surface area (Å²) in [5, 5.41) is 20.4. The number of phenols is 1. The van der Waals surface area contributed by atoms with Gasteiger partial charge in [-0.3, -0.25) is 10.1 Å². The first-order chi connectivity index (χ1) is 10.7. The molecule has 0 saturated heterocycles. The van der Waals surface area contributed by atoms with Crippen molar-refractivity contribution >= 4 is 21.6 Å². The second-order valence-corrected chi connectivity index (χ2v) is 5.01. The van der Waals surface area contributed by atoms with E-state index in [-0.39, 0.29) is 21.7 Å². The molecule has 0 aliphatic rings. The van der Waals surface area contributed by atoms with E-state index in [4.69, 9.17) is 4.74 Å². The molecule has 0 heterocycles. The molecule has 0 aromatic heterocycles. The summed E-state index contributed by atoms with van der Waals surface area (Å²) in [5.41, 5.74) is -0.548. The van der Waals surface area contributed by atoms with Crippen LogP contribution < -0.4 is 9.47 Å². The van der Waals surface area contributed by atoms with Gasteiger partial charge in [-0.05, 0) is 28.1 Å². The summed E-state index contributed by atoms with van der Waals surface area (Å²) in [5.74, 6) is -1.27. The molecular formula is C13H7BrF3NO5. The molecule has 0 aliphatic carbocycles. The minimum absolute atomic E-state index is 0.104. The largest absolute Gasteiger partial charge is 0.573 e. The highest BCUT2D eigenvalue weighted by molar-refractivity contribution is 9.10. The molecule has 1 N–H and O–H groups in total. The average molecular weight is 394 g/mol. The third-order valence-electron chi connectivity index (χ3n) is 2.49. The Hall–Kier alpha value is -2.49. The van der Waals surface area contributed by atoms with Gasteiger partial charge in [0.1, 0.15) is 17.2 Å². The molecule has 122 valence electrons. The summed E-state index contributed by atoms with van der Waals surface area (Å²) in [4.78, 5) is 10.2. The number of aromatic hydroxyl groups is 1. The number of hydrogen-bond acceptors (Lipinski definition) is 5. The normalized spacial score (nSPS) is 11.1. The van der Waals surface area contributed by atoms with Crippen molar-refractivity contribution < 1.29 is 32.7 Å². The molecule has 0 saturated carbocycles. The van der Waals surface area contributed by atoms with Crippen LogP contribution in [-0.4, -0.2) is 16.4 Å². The van der Waals surface area contributed by atoms with E-state index < -0.39 is 22.7 Å². The highest BCUT2D eigenvalue weighted by Gasteiger charge is 2.31. The van der Waals surface area contributed by atoms with Gasteiger partial charge in [0.2, 0.25) is 5.75 Å². The first kappa shape index (κ1) is 16.9. The van der Waals surface area contributed by atoms with Crippen molar-refractivity contribution in [2.24, 2.45) is 0 Å². The van der Waals surface area contributed by atoms with Crippen LogP contribution in [0.1, 0.15) is 0 Å². The molecule has 2 aromatic carbocycles. The van der Waals surface area contributed by atoms with E-state index in [1.165, 1.54) is 12.1 Å². The molecule has 0 atom stereocenters. The first-order valence-corrected chi connectivity index (χ1v) is 6.65. The van der Waals surface area contributed by atoms with Crippen LogP contribution in [0.2, 0.25) is 0 Å². The number of phenolic OH excluding ortho intramolecular Hbond substituents is 1. The third-order valence-corrected chi connectivity index (χ3v) is 3.13. The van der Waals surface area contributed by atoms with E-state index >= 15 is 0 Å². The SMILES string of the molecule is O=[N+]([O-])c1cc(O)c(Br)cc1Oc1cccc(OC(F)(F)F)c1. The average Bonchev–Trinajstić information content (AvgIpc) is 2.40. The number of nitro benzene ring substituents is 1. The minimum Gasteiger partial charge on any atom is -0.507 e. The number of nitrogens with zero attached hydrogens (tertiary/aromatic N) is 1. The van der Waals surface area contributed by atoms with Gasteiger partial charge in [-0.1, -0.05) is 6.07 Å². The zero-order valence-corrected chi connectivity index (χ0v) is 12.6. The standard InChI is InChI=1S/C13H7BrF3NO5/c14-9-5-12(10(18(20)21)6-11(9)19)22-7-2-1-3-8(4-7)23-13(15,16)17/h1-6,19H. The minimum atomic E-state index is -4.87. The predicted octanol–water partition coefficient (Wildman–Crippen LogP) is 4.75. The Bertz CT molecular complexity index is 751. The van der Waals surface area contributed by atoms with Crippen LogP contribution in [0, 0.1) is 10.1 Å². The Kier molecular flexibility index (Phi) is 4.64. The van der Waals surface area contributed by atoms with Crippen molar-refractivity contribution in [1.29, 1.82) is 0 Å². The van der Waals surface area contributed by atoms with Crippen molar-refractivity contribution in [1.82, 2.24) is 0 Å². The summed E-state index contributed by atoms with van der Waals surface area (Å²) >= 11 is 2.97. The fourth-order valence-electron chi connectivity index (χ4n) is 1.62. The Morgan fingerprint density at radius 3 is 2.43 bits per heavy atom. The van der Waals surface area contributed by atoms with Crippen molar-refractivity contribution in [3.05, 3.63) is 51.0 Å². The van der Waals surface area contributed by atoms with E-state index in [9.17, 15) is 28.4 Å². The molecule has 2 aromatic rings.